The summed E-state index contributed by atoms with van der Waals surface area (Å²) >= 11 is 0. The number of non-ortho nitro benzene ring substituents is 1. The largest absolute Gasteiger partial charge is 0.494 e. The van der Waals surface area contributed by atoms with E-state index in [2.05, 4.69) is 17.2 Å². The maximum absolute atomic E-state index is 12.4. The molecule has 8 heteroatoms. The zero-order chi connectivity index (χ0) is 32.8. The molecule has 3 aromatic carbocycles. The van der Waals surface area contributed by atoms with Gasteiger partial charge in [-0.3, -0.25) is 14.9 Å². The Hall–Kier alpha value is -4.07. The first kappa shape index (κ1) is 36.4. The number of benzene rings is 3. The molecule has 0 amide bonds. The van der Waals surface area contributed by atoms with E-state index in [-0.39, 0.29) is 12.1 Å². The third-order valence-electron chi connectivity index (χ3n) is 7.93. The second-order valence-electron chi connectivity index (χ2n) is 11.9. The zero-order valence-electron chi connectivity index (χ0n) is 27.6. The standard InChI is InChI=1S/C38H50N3O5/c1-3-4-5-6-7-8-9-10-11-12-13-14-15-16-29-45-36-25-19-33(20-26-36)39-40-34-21-27-37(28-22-34)46-38(42)30-31(2)32-17-23-35(24-18-32)41(43)44/h17-28H,3-16,29-30H2,1-2H3. The van der Waals surface area contributed by atoms with Crippen molar-refractivity contribution in [3.05, 3.63) is 94.4 Å². The lowest BCUT2D eigenvalue weighted by atomic mass is 9.98. The van der Waals surface area contributed by atoms with Crippen molar-refractivity contribution in [2.75, 3.05) is 6.61 Å². The van der Waals surface area contributed by atoms with E-state index in [1.807, 2.05) is 24.3 Å². The van der Waals surface area contributed by atoms with Crippen LogP contribution >= 0.6 is 0 Å². The predicted molar refractivity (Wildman–Crippen MR) is 184 cm³/mol. The highest BCUT2D eigenvalue weighted by molar-refractivity contribution is 5.75. The summed E-state index contributed by atoms with van der Waals surface area (Å²) in [4.78, 5) is 22.8. The van der Waals surface area contributed by atoms with E-state index in [1.165, 1.54) is 95.6 Å². The van der Waals surface area contributed by atoms with Gasteiger partial charge in [-0.15, -0.1) is 0 Å². The van der Waals surface area contributed by atoms with Crippen LogP contribution in [0.1, 0.15) is 116 Å². The predicted octanol–water partition coefficient (Wildman–Crippen LogP) is 11.8. The van der Waals surface area contributed by atoms with Crippen LogP contribution in [0.3, 0.4) is 0 Å². The number of rotatable bonds is 23. The van der Waals surface area contributed by atoms with Crippen molar-refractivity contribution in [2.45, 2.75) is 110 Å². The van der Waals surface area contributed by atoms with Crippen LogP contribution in [-0.4, -0.2) is 17.5 Å². The molecule has 0 aromatic heterocycles. The quantitative estimate of drug-likeness (QED) is 0.0259. The van der Waals surface area contributed by atoms with E-state index < -0.39 is 10.9 Å². The van der Waals surface area contributed by atoms with Gasteiger partial charge in [0.2, 0.25) is 0 Å². The molecular weight excluding hydrogens is 578 g/mol. The molecule has 3 aromatic rings. The second-order valence-corrected chi connectivity index (χ2v) is 11.9. The van der Waals surface area contributed by atoms with Crippen molar-refractivity contribution >= 4 is 23.0 Å². The molecule has 0 N–H and O–H groups in total. The highest BCUT2D eigenvalue weighted by atomic mass is 16.6. The number of carbonyl (C=O) groups is 1. The highest BCUT2D eigenvalue weighted by Gasteiger charge is 2.15. The van der Waals surface area contributed by atoms with Gasteiger partial charge in [0, 0.05) is 18.1 Å². The molecule has 0 aliphatic carbocycles. The Labute approximate surface area is 274 Å². The molecule has 247 valence electrons. The van der Waals surface area contributed by atoms with Gasteiger partial charge >= 0.3 is 5.97 Å². The van der Waals surface area contributed by atoms with E-state index >= 15 is 0 Å². The number of carbonyl (C=O) groups excluding carboxylic acids is 1. The number of unbranched alkanes of at least 4 members (excludes halogenated alkanes) is 13. The number of hydrogen-bond acceptors (Lipinski definition) is 7. The van der Waals surface area contributed by atoms with Crippen molar-refractivity contribution in [3.63, 3.8) is 0 Å². The molecule has 0 aliphatic rings. The monoisotopic (exact) mass is 628 g/mol. The van der Waals surface area contributed by atoms with Crippen LogP contribution in [0.15, 0.2) is 83.0 Å². The molecule has 0 spiro atoms. The molecule has 0 heterocycles. The molecule has 0 saturated heterocycles. The Morgan fingerprint density at radius 3 is 1.59 bits per heavy atom. The number of hydrogen-bond donors (Lipinski definition) is 0. The fourth-order valence-corrected chi connectivity index (χ4v) is 5.15. The topological polar surface area (TPSA) is 103 Å². The third kappa shape index (κ3) is 14.8. The lowest BCUT2D eigenvalue weighted by Gasteiger charge is -2.10. The minimum Gasteiger partial charge on any atom is -0.494 e. The Morgan fingerprint density at radius 2 is 1.11 bits per heavy atom. The number of nitro benzene ring substituents is 1. The molecule has 1 radical (unpaired) electrons. The van der Waals surface area contributed by atoms with Gasteiger partial charge in [0.05, 0.1) is 29.3 Å². The van der Waals surface area contributed by atoms with Gasteiger partial charge in [0.25, 0.3) is 5.69 Å². The first-order valence-electron chi connectivity index (χ1n) is 17.0. The summed E-state index contributed by atoms with van der Waals surface area (Å²) in [5.41, 5.74) is 2.11. The number of azo groups is 1. The molecule has 3 rings (SSSR count). The first-order chi connectivity index (χ1) is 22.4. The maximum Gasteiger partial charge on any atom is 0.312 e. The zero-order valence-corrected chi connectivity index (χ0v) is 27.6. The summed E-state index contributed by atoms with van der Waals surface area (Å²) in [7, 11) is 0. The Morgan fingerprint density at radius 1 is 0.652 bits per heavy atom. The first-order valence-corrected chi connectivity index (χ1v) is 17.0. The normalized spacial score (nSPS) is 11.3. The van der Waals surface area contributed by atoms with Gasteiger partial charge in [-0.1, -0.05) is 109 Å². The number of nitro groups is 1. The number of esters is 1. The molecular formula is C38H50N3O5. The Balaban J connectivity index is 1.25. The van der Waals surface area contributed by atoms with Gasteiger partial charge in [-0.05, 0) is 60.5 Å². The minimum absolute atomic E-state index is 0.00738. The van der Waals surface area contributed by atoms with E-state index in [0.29, 0.717) is 11.4 Å². The lowest BCUT2D eigenvalue weighted by molar-refractivity contribution is -0.384. The lowest BCUT2D eigenvalue weighted by Crippen LogP contribution is -2.12. The molecule has 0 saturated carbocycles. The average molecular weight is 629 g/mol. The summed E-state index contributed by atoms with van der Waals surface area (Å²) in [5, 5.41) is 19.4. The highest BCUT2D eigenvalue weighted by Crippen LogP contribution is 2.25. The van der Waals surface area contributed by atoms with E-state index in [0.717, 1.165) is 35.9 Å². The van der Waals surface area contributed by atoms with Crippen LogP contribution in [0.4, 0.5) is 17.1 Å². The van der Waals surface area contributed by atoms with Gasteiger partial charge in [0.15, 0.2) is 0 Å². The molecule has 8 nitrogen and oxygen atoms in total. The average Bonchev–Trinajstić information content (AvgIpc) is 3.06. The Kier molecular flexibility index (Phi) is 17.1. The maximum atomic E-state index is 12.4. The fourth-order valence-electron chi connectivity index (χ4n) is 5.15. The summed E-state index contributed by atoms with van der Waals surface area (Å²) in [5.74, 6) is 1.58. The van der Waals surface area contributed by atoms with Crippen molar-refractivity contribution in [1.82, 2.24) is 0 Å². The summed E-state index contributed by atoms with van der Waals surface area (Å²) in [6, 6.07) is 20.5. The molecule has 0 aliphatic heterocycles. The minimum atomic E-state index is -0.454. The SMILES string of the molecule is CCCCCCCCCCCCCCCCOc1ccc(N=Nc2ccc(OC(=O)C[C](C)c3ccc([N+](=O)[O-])cc3)cc2)cc1. The van der Waals surface area contributed by atoms with Crippen molar-refractivity contribution < 1.29 is 19.2 Å². The van der Waals surface area contributed by atoms with Gasteiger partial charge in [-0.25, -0.2) is 0 Å². The van der Waals surface area contributed by atoms with Gasteiger partial charge in [-0.2, -0.15) is 10.2 Å². The van der Waals surface area contributed by atoms with Crippen LogP contribution in [-0.2, 0) is 4.79 Å². The third-order valence-corrected chi connectivity index (χ3v) is 7.93. The van der Waals surface area contributed by atoms with Crippen molar-refractivity contribution in [3.8, 4) is 11.5 Å². The molecule has 0 atom stereocenters. The second kappa shape index (κ2) is 21.6. The van der Waals surface area contributed by atoms with Crippen LogP contribution in [0.2, 0.25) is 0 Å². The van der Waals surface area contributed by atoms with Crippen LogP contribution in [0, 0.1) is 16.0 Å². The number of ether oxygens (including phenoxy) is 2. The molecule has 0 fully saturated rings. The number of nitrogens with zero attached hydrogens (tertiary/aromatic N) is 3. The van der Waals surface area contributed by atoms with Crippen LogP contribution in [0.25, 0.3) is 0 Å². The van der Waals surface area contributed by atoms with Crippen LogP contribution < -0.4 is 9.47 Å². The van der Waals surface area contributed by atoms with Gasteiger partial charge < -0.3 is 9.47 Å². The molecule has 0 unspecified atom stereocenters. The summed E-state index contributed by atoms with van der Waals surface area (Å²) < 4.78 is 11.3. The fraction of sp³-hybridized carbons (Fsp3) is 0.474. The van der Waals surface area contributed by atoms with E-state index in [4.69, 9.17) is 9.47 Å². The van der Waals surface area contributed by atoms with Crippen molar-refractivity contribution in [1.29, 1.82) is 0 Å². The van der Waals surface area contributed by atoms with E-state index in [9.17, 15) is 14.9 Å². The van der Waals surface area contributed by atoms with E-state index in [1.54, 1.807) is 43.3 Å². The molecule has 46 heavy (non-hydrogen) atoms. The smallest absolute Gasteiger partial charge is 0.312 e. The summed E-state index contributed by atoms with van der Waals surface area (Å²) in [6.07, 6.45) is 18.9. The summed E-state index contributed by atoms with van der Waals surface area (Å²) in [6.45, 7) is 4.80. The van der Waals surface area contributed by atoms with Crippen LogP contribution in [0.5, 0.6) is 11.5 Å². The molecule has 0 bridgehead atoms. The Bertz CT molecular complexity index is 1310. The van der Waals surface area contributed by atoms with Gasteiger partial charge in [0.1, 0.15) is 11.5 Å². The van der Waals surface area contributed by atoms with Crippen molar-refractivity contribution in [2.24, 2.45) is 10.2 Å².